The normalized spacial score (nSPS) is 12.3. The molecule has 0 saturated heterocycles. The third kappa shape index (κ3) is 60.2. The van der Waals surface area contributed by atoms with E-state index >= 15 is 0 Å². The van der Waals surface area contributed by atoms with Crippen LogP contribution in [0, 0.1) is 0 Å². The second-order valence-corrected chi connectivity index (χ2v) is 22.0. The lowest BCUT2D eigenvalue weighted by atomic mass is 10.0. The van der Waals surface area contributed by atoms with E-state index in [1.807, 2.05) is 0 Å². The van der Waals surface area contributed by atoms with Crippen LogP contribution in [0.25, 0.3) is 0 Å². The van der Waals surface area contributed by atoms with Crippen molar-refractivity contribution in [1.82, 2.24) is 0 Å². The number of allylic oxidation sites excluding steroid dienone is 8. The van der Waals surface area contributed by atoms with E-state index in [4.69, 9.17) is 14.2 Å². The van der Waals surface area contributed by atoms with Crippen molar-refractivity contribution in [3.05, 3.63) is 48.6 Å². The molecule has 0 radical (unpaired) electrons. The molecule has 0 fully saturated rings. The van der Waals surface area contributed by atoms with Crippen LogP contribution in [0.2, 0.25) is 0 Å². The van der Waals surface area contributed by atoms with Gasteiger partial charge in [0.2, 0.25) is 0 Å². The number of hydrogen-bond donors (Lipinski definition) is 0. The van der Waals surface area contributed by atoms with Gasteiger partial charge in [-0.3, -0.25) is 14.4 Å². The predicted octanol–water partition coefficient (Wildman–Crippen LogP) is 22.2. The summed E-state index contributed by atoms with van der Waals surface area (Å²) in [5.74, 6) is -0.859. The maximum atomic E-state index is 12.9. The van der Waals surface area contributed by atoms with Gasteiger partial charge in [0, 0.05) is 19.3 Å². The maximum absolute atomic E-state index is 12.9. The molecule has 1 unspecified atom stereocenters. The highest BCUT2D eigenvalue weighted by Gasteiger charge is 2.19. The quantitative estimate of drug-likeness (QED) is 0.0261. The first kappa shape index (κ1) is 71.4. The van der Waals surface area contributed by atoms with Crippen LogP contribution in [0.15, 0.2) is 48.6 Å². The third-order valence-corrected chi connectivity index (χ3v) is 14.6. The summed E-state index contributed by atoms with van der Waals surface area (Å²) in [5, 5.41) is 0. The summed E-state index contributed by atoms with van der Waals surface area (Å²) in [4.78, 5) is 38.3. The second kappa shape index (κ2) is 62.9. The molecular weight excluding hydrogens is 913 g/mol. The van der Waals surface area contributed by atoms with E-state index in [2.05, 4.69) is 69.4 Å². The smallest absolute Gasteiger partial charge is 0.306 e. The van der Waals surface area contributed by atoms with E-state index in [1.54, 1.807) is 0 Å². The Morgan fingerprint density at radius 3 is 0.770 bits per heavy atom. The lowest BCUT2D eigenvalue weighted by Gasteiger charge is -2.18. The molecule has 0 aromatic carbocycles. The van der Waals surface area contributed by atoms with Crippen molar-refractivity contribution in [2.24, 2.45) is 0 Å². The molecule has 74 heavy (non-hydrogen) atoms. The van der Waals surface area contributed by atoms with Gasteiger partial charge >= 0.3 is 17.9 Å². The van der Waals surface area contributed by atoms with E-state index in [1.165, 1.54) is 238 Å². The van der Waals surface area contributed by atoms with E-state index in [9.17, 15) is 14.4 Å². The Morgan fingerprint density at radius 2 is 0.486 bits per heavy atom. The van der Waals surface area contributed by atoms with E-state index in [0.717, 1.165) is 70.6 Å². The van der Waals surface area contributed by atoms with Gasteiger partial charge in [-0.2, -0.15) is 0 Å². The topological polar surface area (TPSA) is 78.9 Å². The van der Waals surface area contributed by atoms with Crippen LogP contribution < -0.4 is 0 Å². The minimum atomic E-state index is -0.775. The highest BCUT2D eigenvalue weighted by molar-refractivity contribution is 5.71. The fraction of sp³-hybridized carbons (Fsp3) is 0.838. The molecule has 0 amide bonds. The zero-order valence-electron chi connectivity index (χ0n) is 49.6. The number of unbranched alkanes of at least 4 members (excludes halogenated alkanes) is 41. The first-order valence-corrected chi connectivity index (χ1v) is 32.6. The van der Waals surface area contributed by atoms with Crippen LogP contribution in [0.3, 0.4) is 0 Å². The van der Waals surface area contributed by atoms with Crippen molar-refractivity contribution in [3.63, 3.8) is 0 Å². The number of carbonyl (C=O) groups is 3. The SMILES string of the molecule is CCCCCCC/C=C\C/C=C\C/C=C\CCCCCCCCCCCCC(=O)OCC(COC(=O)CCCCCCCCCCCCCCCC)OC(=O)CCCCCCCCC/C=C\CCCCCCCC. The Morgan fingerprint density at radius 1 is 0.270 bits per heavy atom. The van der Waals surface area contributed by atoms with Gasteiger partial charge in [-0.1, -0.05) is 294 Å². The van der Waals surface area contributed by atoms with Gasteiger partial charge in [0.1, 0.15) is 13.2 Å². The van der Waals surface area contributed by atoms with Crippen molar-refractivity contribution in [1.29, 1.82) is 0 Å². The van der Waals surface area contributed by atoms with Gasteiger partial charge in [-0.15, -0.1) is 0 Å². The summed E-state index contributed by atoms with van der Waals surface area (Å²) in [7, 11) is 0. The van der Waals surface area contributed by atoms with Gasteiger partial charge < -0.3 is 14.2 Å². The minimum absolute atomic E-state index is 0.0720. The molecule has 0 saturated carbocycles. The van der Waals surface area contributed by atoms with Crippen molar-refractivity contribution >= 4 is 17.9 Å². The molecule has 6 nitrogen and oxygen atoms in total. The number of ether oxygens (including phenoxy) is 3. The average molecular weight is 1040 g/mol. The number of carbonyl (C=O) groups excluding carboxylic acids is 3. The fourth-order valence-corrected chi connectivity index (χ4v) is 9.62. The summed E-state index contributed by atoms with van der Waals surface area (Å²) in [6.45, 7) is 6.67. The summed E-state index contributed by atoms with van der Waals surface area (Å²) in [5.41, 5.74) is 0. The number of rotatable bonds is 60. The van der Waals surface area contributed by atoms with Crippen LogP contribution in [0.4, 0.5) is 0 Å². The molecule has 0 bridgehead atoms. The summed E-state index contributed by atoms with van der Waals surface area (Å²) in [6, 6.07) is 0. The monoisotopic (exact) mass is 1040 g/mol. The lowest BCUT2D eigenvalue weighted by molar-refractivity contribution is -0.167. The number of hydrogen-bond acceptors (Lipinski definition) is 6. The molecule has 0 N–H and O–H groups in total. The van der Waals surface area contributed by atoms with Crippen LogP contribution in [0.1, 0.15) is 348 Å². The van der Waals surface area contributed by atoms with Crippen molar-refractivity contribution < 1.29 is 28.6 Å². The zero-order chi connectivity index (χ0) is 53.6. The summed E-state index contributed by atoms with van der Waals surface area (Å²) in [6.07, 6.45) is 78.3. The van der Waals surface area contributed by atoms with E-state index < -0.39 is 6.10 Å². The molecular formula is C68H124O6. The molecule has 0 heterocycles. The van der Waals surface area contributed by atoms with Gasteiger partial charge in [-0.05, 0) is 83.5 Å². The van der Waals surface area contributed by atoms with Crippen molar-refractivity contribution in [2.45, 2.75) is 354 Å². The van der Waals surface area contributed by atoms with Gasteiger partial charge in [-0.25, -0.2) is 0 Å². The maximum Gasteiger partial charge on any atom is 0.306 e. The molecule has 432 valence electrons. The molecule has 6 heteroatoms. The Labute approximate surface area is 460 Å². The largest absolute Gasteiger partial charge is 0.462 e. The first-order valence-electron chi connectivity index (χ1n) is 32.6. The molecule has 1 atom stereocenters. The third-order valence-electron chi connectivity index (χ3n) is 14.6. The summed E-state index contributed by atoms with van der Waals surface area (Å²) >= 11 is 0. The molecule has 0 aromatic heterocycles. The Bertz CT molecular complexity index is 1280. The lowest BCUT2D eigenvalue weighted by Crippen LogP contribution is -2.30. The highest BCUT2D eigenvalue weighted by atomic mass is 16.6. The minimum Gasteiger partial charge on any atom is -0.462 e. The molecule has 0 aliphatic carbocycles. The highest BCUT2D eigenvalue weighted by Crippen LogP contribution is 2.17. The predicted molar refractivity (Wildman–Crippen MR) is 321 cm³/mol. The Kier molecular flexibility index (Phi) is 60.7. The Hall–Kier alpha value is -2.63. The summed E-state index contributed by atoms with van der Waals surface area (Å²) < 4.78 is 16.9. The Balaban J connectivity index is 4.29. The van der Waals surface area contributed by atoms with E-state index in [-0.39, 0.29) is 31.1 Å². The molecule has 0 spiro atoms. The van der Waals surface area contributed by atoms with Crippen LogP contribution in [-0.2, 0) is 28.6 Å². The first-order chi connectivity index (χ1) is 36.5. The van der Waals surface area contributed by atoms with E-state index in [0.29, 0.717) is 19.3 Å². The number of esters is 3. The molecule has 0 aliphatic rings. The fourth-order valence-electron chi connectivity index (χ4n) is 9.62. The van der Waals surface area contributed by atoms with Crippen molar-refractivity contribution in [2.75, 3.05) is 13.2 Å². The van der Waals surface area contributed by atoms with Gasteiger partial charge in [0.05, 0.1) is 0 Å². The second-order valence-electron chi connectivity index (χ2n) is 22.0. The zero-order valence-corrected chi connectivity index (χ0v) is 49.6. The van der Waals surface area contributed by atoms with Crippen molar-refractivity contribution in [3.8, 4) is 0 Å². The molecule has 0 rings (SSSR count). The van der Waals surface area contributed by atoms with Crippen LogP contribution in [-0.4, -0.2) is 37.2 Å². The average Bonchev–Trinajstić information content (AvgIpc) is 3.40. The van der Waals surface area contributed by atoms with Crippen LogP contribution in [0.5, 0.6) is 0 Å². The molecule has 0 aromatic rings. The van der Waals surface area contributed by atoms with Gasteiger partial charge in [0.25, 0.3) is 0 Å². The van der Waals surface area contributed by atoms with Crippen LogP contribution >= 0.6 is 0 Å². The molecule has 0 aliphatic heterocycles. The standard InChI is InChI=1S/C68H124O6/c1-4-7-10-13-16-19-22-25-28-30-31-32-33-34-35-36-37-39-40-43-46-49-52-55-58-61-67(70)73-64-65(63-72-66(69)60-57-54-51-48-45-42-27-24-21-18-15-12-9-6-3)74-68(71)62-59-56-53-50-47-44-41-38-29-26-23-20-17-14-11-8-5-2/h22,25-26,29-31,33-34,65H,4-21,23-24,27-28,32,35-64H2,1-3H3/b25-22-,29-26-,31-30-,34-33-. The van der Waals surface area contributed by atoms with Gasteiger partial charge in [0.15, 0.2) is 6.10 Å².